The fourth-order valence-corrected chi connectivity index (χ4v) is 2.96. The highest BCUT2D eigenvalue weighted by molar-refractivity contribution is 5.95. The van der Waals surface area contributed by atoms with E-state index in [4.69, 9.17) is 0 Å². The Bertz CT molecular complexity index is 978. The van der Waals surface area contributed by atoms with Crippen molar-refractivity contribution in [3.05, 3.63) is 83.7 Å². The number of aromatic nitrogens is 1. The predicted molar refractivity (Wildman–Crippen MR) is 116 cm³/mol. The van der Waals surface area contributed by atoms with Crippen LogP contribution in [-0.2, 0) is 11.3 Å². The van der Waals surface area contributed by atoms with Crippen LogP contribution in [-0.4, -0.2) is 23.8 Å². The van der Waals surface area contributed by atoms with E-state index in [0.717, 1.165) is 28.1 Å². The SMILES string of the molecule is CCC(=O)N(C)c1ccc(-c2ccc(C(=O)NCc3ccc(C)nc3)cc2)cc1. The number of carbonyl (C=O) groups excluding carboxylic acids is 2. The summed E-state index contributed by atoms with van der Waals surface area (Å²) in [4.78, 5) is 30.1. The average molecular weight is 387 g/mol. The normalized spacial score (nSPS) is 10.4. The van der Waals surface area contributed by atoms with E-state index in [-0.39, 0.29) is 11.8 Å². The molecule has 0 atom stereocenters. The lowest BCUT2D eigenvalue weighted by molar-refractivity contribution is -0.118. The Kier molecular flexibility index (Phi) is 6.39. The molecule has 0 saturated carbocycles. The van der Waals surface area contributed by atoms with Gasteiger partial charge in [-0.3, -0.25) is 14.6 Å². The number of hydrogen-bond acceptors (Lipinski definition) is 3. The highest BCUT2D eigenvalue weighted by Gasteiger charge is 2.09. The van der Waals surface area contributed by atoms with Gasteiger partial charge >= 0.3 is 0 Å². The summed E-state index contributed by atoms with van der Waals surface area (Å²) in [5.41, 5.74) is 5.43. The zero-order valence-corrected chi connectivity index (χ0v) is 17.0. The van der Waals surface area contributed by atoms with Crippen molar-refractivity contribution in [3.8, 4) is 11.1 Å². The molecule has 0 bridgehead atoms. The smallest absolute Gasteiger partial charge is 0.251 e. The van der Waals surface area contributed by atoms with Crippen LogP contribution < -0.4 is 10.2 Å². The van der Waals surface area contributed by atoms with Crippen LogP contribution in [0.25, 0.3) is 11.1 Å². The Morgan fingerprint density at radius 2 is 1.55 bits per heavy atom. The van der Waals surface area contributed by atoms with Crippen molar-refractivity contribution >= 4 is 17.5 Å². The Morgan fingerprint density at radius 3 is 2.10 bits per heavy atom. The lowest BCUT2D eigenvalue weighted by Gasteiger charge is -2.16. The molecule has 0 aliphatic rings. The summed E-state index contributed by atoms with van der Waals surface area (Å²) in [6, 6.07) is 19.2. The van der Waals surface area contributed by atoms with E-state index in [9.17, 15) is 9.59 Å². The molecule has 0 radical (unpaired) electrons. The van der Waals surface area contributed by atoms with Crippen molar-refractivity contribution in [2.45, 2.75) is 26.8 Å². The molecular formula is C24H25N3O2. The van der Waals surface area contributed by atoms with Gasteiger partial charge in [-0.05, 0) is 53.9 Å². The monoisotopic (exact) mass is 387 g/mol. The zero-order valence-electron chi connectivity index (χ0n) is 17.0. The predicted octanol–water partition coefficient (Wildman–Crippen LogP) is 4.36. The summed E-state index contributed by atoms with van der Waals surface area (Å²) in [7, 11) is 1.78. The van der Waals surface area contributed by atoms with Gasteiger partial charge in [0.05, 0.1) is 0 Å². The second-order valence-corrected chi connectivity index (χ2v) is 6.92. The van der Waals surface area contributed by atoms with Gasteiger partial charge in [0.2, 0.25) is 5.91 Å². The number of benzene rings is 2. The molecule has 2 aromatic carbocycles. The minimum Gasteiger partial charge on any atom is -0.348 e. The number of amides is 2. The fraction of sp³-hybridized carbons (Fsp3) is 0.208. The van der Waals surface area contributed by atoms with Crippen LogP contribution in [0.5, 0.6) is 0 Å². The van der Waals surface area contributed by atoms with Gasteiger partial charge in [-0.25, -0.2) is 0 Å². The van der Waals surface area contributed by atoms with Crippen molar-refractivity contribution < 1.29 is 9.59 Å². The topological polar surface area (TPSA) is 62.3 Å². The number of anilines is 1. The number of carbonyl (C=O) groups is 2. The number of nitrogens with zero attached hydrogens (tertiary/aromatic N) is 2. The van der Waals surface area contributed by atoms with Crippen molar-refractivity contribution in [2.24, 2.45) is 0 Å². The molecule has 0 aliphatic heterocycles. The lowest BCUT2D eigenvalue weighted by Crippen LogP contribution is -2.24. The Balaban J connectivity index is 1.64. The summed E-state index contributed by atoms with van der Waals surface area (Å²) in [5, 5.41) is 2.91. The van der Waals surface area contributed by atoms with Gasteiger partial charge in [0.25, 0.3) is 5.91 Å². The summed E-state index contributed by atoms with van der Waals surface area (Å²) in [6.45, 7) is 4.22. The fourth-order valence-electron chi connectivity index (χ4n) is 2.96. The van der Waals surface area contributed by atoms with E-state index >= 15 is 0 Å². The first-order valence-electron chi connectivity index (χ1n) is 9.64. The van der Waals surface area contributed by atoms with Gasteiger partial charge in [-0.2, -0.15) is 0 Å². The van der Waals surface area contributed by atoms with E-state index in [1.165, 1.54) is 0 Å². The number of hydrogen-bond donors (Lipinski definition) is 1. The number of aryl methyl sites for hydroxylation is 1. The third-order valence-electron chi connectivity index (χ3n) is 4.84. The minimum atomic E-state index is -0.118. The third kappa shape index (κ3) is 5.08. The largest absolute Gasteiger partial charge is 0.348 e. The molecule has 1 N–H and O–H groups in total. The number of rotatable bonds is 6. The minimum absolute atomic E-state index is 0.0783. The Morgan fingerprint density at radius 1 is 0.931 bits per heavy atom. The van der Waals surface area contributed by atoms with Crippen molar-refractivity contribution in [2.75, 3.05) is 11.9 Å². The van der Waals surface area contributed by atoms with E-state index in [1.54, 1.807) is 18.1 Å². The van der Waals surface area contributed by atoms with Crippen LogP contribution in [0.1, 0.15) is 35.0 Å². The van der Waals surface area contributed by atoms with Crippen LogP contribution in [0, 0.1) is 6.92 Å². The first-order valence-corrected chi connectivity index (χ1v) is 9.64. The maximum Gasteiger partial charge on any atom is 0.251 e. The standard InChI is InChI=1S/C24H25N3O2/c1-4-23(28)27(3)22-13-11-20(12-14-22)19-7-9-21(10-8-19)24(29)26-16-18-6-5-17(2)25-15-18/h5-15H,4,16H2,1-3H3,(H,26,29). The molecule has 0 spiro atoms. The lowest BCUT2D eigenvalue weighted by atomic mass is 10.0. The molecular weight excluding hydrogens is 362 g/mol. The van der Waals surface area contributed by atoms with Gasteiger partial charge in [-0.15, -0.1) is 0 Å². The first-order chi connectivity index (χ1) is 14.0. The van der Waals surface area contributed by atoms with E-state index < -0.39 is 0 Å². The third-order valence-corrected chi connectivity index (χ3v) is 4.84. The summed E-state index contributed by atoms with van der Waals surface area (Å²) < 4.78 is 0. The van der Waals surface area contributed by atoms with Crippen molar-refractivity contribution in [1.82, 2.24) is 10.3 Å². The van der Waals surface area contributed by atoms with Crippen LogP contribution in [0.2, 0.25) is 0 Å². The molecule has 3 aromatic rings. The quantitative estimate of drug-likeness (QED) is 0.684. The van der Waals surface area contributed by atoms with Crippen molar-refractivity contribution in [3.63, 3.8) is 0 Å². The zero-order chi connectivity index (χ0) is 20.8. The van der Waals surface area contributed by atoms with Gasteiger partial charge < -0.3 is 10.2 Å². The molecule has 29 heavy (non-hydrogen) atoms. The molecule has 0 aliphatic carbocycles. The first kappa shape index (κ1) is 20.3. The number of pyridine rings is 1. The highest BCUT2D eigenvalue weighted by atomic mass is 16.2. The second-order valence-electron chi connectivity index (χ2n) is 6.92. The molecule has 0 saturated heterocycles. The second kappa shape index (κ2) is 9.15. The maximum absolute atomic E-state index is 12.4. The van der Waals surface area contributed by atoms with E-state index in [0.29, 0.717) is 18.5 Å². The van der Waals surface area contributed by atoms with E-state index in [1.807, 2.05) is 74.5 Å². The highest BCUT2D eigenvalue weighted by Crippen LogP contribution is 2.23. The van der Waals surface area contributed by atoms with Crippen LogP contribution in [0.3, 0.4) is 0 Å². The Hall–Kier alpha value is -3.47. The molecule has 5 heteroatoms. The number of nitrogens with one attached hydrogen (secondary N) is 1. The van der Waals surface area contributed by atoms with Gasteiger partial charge in [-0.1, -0.05) is 37.3 Å². The van der Waals surface area contributed by atoms with Gasteiger partial charge in [0.15, 0.2) is 0 Å². The average Bonchev–Trinajstić information content (AvgIpc) is 2.77. The molecule has 5 nitrogen and oxygen atoms in total. The van der Waals surface area contributed by atoms with Gasteiger partial charge in [0.1, 0.15) is 0 Å². The maximum atomic E-state index is 12.4. The van der Waals surface area contributed by atoms with Crippen LogP contribution in [0.15, 0.2) is 66.9 Å². The summed E-state index contributed by atoms with van der Waals surface area (Å²) in [5.74, 6) is -0.0401. The van der Waals surface area contributed by atoms with Crippen LogP contribution >= 0.6 is 0 Å². The molecule has 148 valence electrons. The molecule has 1 aromatic heterocycles. The molecule has 3 rings (SSSR count). The molecule has 2 amide bonds. The van der Waals surface area contributed by atoms with Crippen LogP contribution in [0.4, 0.5) is 5.69 Å². The van der Waals surface area contributed by atoms with Gasteiger partial charge in [0, 0.05) is 43.2 Å². The molecule has 1 heterocycles. The van der Waals surface area contributed by atoms with Crippen molar-refractivity contribution in [1.29, 1.82) is 0 Å². The van der Waals surface area contributed by atoms with E-state index in [2.05, 4.69) is 10.3 Å². The summed E-state index contributed by atoms with van der Waals surface area (Å²) >= 11 is 0. The molecule has 0 fully saturated rings. The summed E-state index contributed by atoms with van der Waals surface area (Å²) in [6.07, 6.45) is 2.25. The Labute approximate surface area is 171 Å². The molecule has 0 unspecified atom stereocenters.